The lowest BCUT2D eigenvalue weighted by Crippen LogP contribution is -2.30. The molecule has 0 spiro atoms. The number of carbonyl (C=O) groups excluding carboxylic acids is 1. The van der Waals surface area contributed by atoms with Crippen molar-refractivity contribution in [2.75, 3.05) is 26.1 Å². The summed E-state index contributed by atoms with van der Waals surface area (Å²) in [6.45, 7) is 0.655. The third-order valence-corrected chi connectivity index (χ3v) is 3.62. The zero-order valence-corrected chi connectivity index (χ0v) is 14.2. The summed E-state index contributed by atoms with van der Waals surface area (Å²) in [6, 6.07) is 17.4. The Morgan fingerprint density at radius 3 is 2.62 bits per heavy atom. The highest BCUT2D eigenvalue weighted by atomic mass is 16.7. The quantitative estimate of drug-likeness (QED) is 0.586. The van der Waals surface area contributed by atoms with E-state index in [1.807, 2.05) is 24.3 Å². The van der Waals surface area contributed by atoms with Gasteiger partial charge in [-0.05, 0) is 37.0 Å². The van der Waals surface area contributed by atoms with Crippen LogP contribution in [0.25, 0.3) is 0 Å². The lowest BCUT2D eigenvalue weighted by Gasteiger charge is -2.15. The predicted molar refractivity (Wildman–Crippen MR) is 95.1 cm³/mol. The van der Waals surface area contributed by atoms with Gasteiger partial charge in [-0.2, -0.15) is 0 Å². The monoisotopic (exact) mass is 328 g/mol. The van der Waals surface area contributed by atoms with Gasteiger partial charge in [0.05, 0.1) is 13.7 Å². The lowest BCUT2D eigenvalue weighted by molar-refractivity contribution is -0.0598. The summed E-state index contributed by atoms with van der Waals surface area (Å²) in [7, 11) is 2.98. The van der Waals surface area contributed by atoms with Gasteiger partial charge in [0.25, 0.3) is 0 Å². The Kier molecular flexibility index (Phi) is 7.11. The number of hydroxylamine groups is 2. The van der Waals surface area contributed by atoms with E-state index in [2.05, 4.69) is 29.6 Å². The van der Waals surface area contributed by atoms with E-state index in [0.717, 1.165) is 30.1 Å². The van der Waals surface area contributed by atoms with Gasteiger partial charge < -0.3 is 10.1 Å². The molecule has 5 nitrogen and oxygen atoms in total. The second-order valence-electron chi connectivity index (χ2n) is 5.43. The molecule has 2 aromatic rings. The Morgan fingerprint density at radius 1 is 1.08 bits per heavy atom. The van der Waals surface area contributed by atoms with Gasteiger partial charge in [-0.25, -0.2) is 9.86 Å². The van der Waals surface area contributed by atoms with Crippen LogP contribution in [0.3, 0.4) is 0 Å². The zero-order valence-electron chi connectivity index (χ0n) is 14.2. The van der Waals surface area contributed by atoms with E-state index in [-0.39, 0.29) is 6.03 Å². The largest absolute Gasteiger partial charge is 0.494 e. The number of urea groups is 1. The first-order chi connectivity index (χ1) is 11.7. The molecule has 0 aromatic heterocycles. The van der Waals surface area contributed by atoms with Gasteiger partial charge in [-0.15, -0.1) is 0 Å². The number of hydrogen-bond acceptors (Lipinski definition) is 3. The fourth-order valence-corrected chi connectivity index (χ4v) is 2.21. The molecular formula is C19H24N2O3. The number of benzene rings is 2. The van der Waals surface area contributed by atoms with E-state index in [4.69, 9.17) is 9.57 Å². The summed E-state index contributed by atoms with van der Waals surface area (Å²) in [5.41, 5.74) is 2.02. The Hall–Kier alpha value is -2.53. The molecule has 0 aliphatic heterocycles. The molecule has 0 saturated carbocycles. The molecule has 24 heavy (non-hydrogen) atoms. The first kappa shape index (κ1) is 17.8. The summed E-state index contributed by atoms with van der Waals surface area (Å²) >= 11 is 0. The molecule has 0 fully saturated rings. The number of hydrogen-bond donors (Lipinski definition) is 1. The average molecular weight is 328 g/mol. The minimum Gasteiger partial charge on any atom is -0.494 e. The maximum Gasteiger partial charge on any atom is 0.345 e. The number of unbranched alkanes of at least 4 members (excludes halogenated alkanes) is 1. The SMILES string of the molecule is CON(C)C(=O)Nc1cccc(OCCCCc2ccccc2)c1. The molecule has 0 saturated heterocycles. The molecule has 1 N–H and O–H groups in total. The Labute approximate surface area is 143 Å². The summed E-state index contributed by atoms with van der Waals surface area (Å²) in [5, 5.41) is 3.86. The number of aryl methyl sites for hydroxylation is 1. The van der Waals surface area contributed by atoms with E-state index in [1.165, 1.54) is 12.7 Å². The van der Waals surface area contributed by atoms with Crippen molar-refractivity contribution < 1.29 is 14.4 Å². The number of nitrogens with one attached hydrogen (secondary N) is 1. The van der Waals surface area contributed by atoms with Crippen molar-refractivity contribution in [3.63, 3.8) is 0 Å². The molecule has 2 amide bonds. The number of carbonyl (C=O) groups is 1. The fourth-order valence-electron chi connectivity index (χ4n) is 2.21. The molecule has 0 aliphatic rings. The number of anilines is 1. The molecule has 0 radical (unpaired) electrons. The maximum atomic E-state index is 11.7. The van der Waals surface area contributed by atoms with Crippen LogP contribution in [0.1, 0.15) is 18.4 Å². The average Bonchev–Trinajstić information content (AvgIpc) is 2.62. The third kappa shape index (κ3) is 5.93. The third-order valence-electron chi connectivity index (χ3n) is 3.62. The Balaban J connectivity index is 1.73. The minimum atomic E-state index is -0.336. The second-order valence-corrected chi connectivity index (χ2v) is 5.43. The molecule has 0 aliphatic carbocycles. The highest BCUT2D eigenvalue weighted by Crippen LogP contribution is 2.18. The zero-order chi connectivity index (χ0) is 17.2. The molecule has 0 unspecified atom stereocenters. The Morgan fingerprint density at radius 2 is 1.88 bits per heavy atom. The van der Waals surface area contributed by atoms with Crippen LogP contribution in [0.15, 0.2) is 54.6 Å². The van der Waals surface area contributed by atoms with Crippen LogP contribution >= 0.6 is 0 Å². The highest BCUT2D eigenvalue weighted by molar-refractivity contribution is 5.88. The molecule has 2 aromatic carbocycles. The summed E-state index contributed by atoms with van der Waals surface area (Å²) in [6.07, 6.45) is 3.13. The molecule has 5 heteroatoms. The minimum absolute atomic E-state index is 0.336. The van der Waals surface area contributed by atoms with Gasteiger partial charge >= 0.3 is 6.03 Å². The standard InChI is InChI=1S/C19H24N2O3/c1-21(23-2)19(22)20-17-12-8-13-18(15-17)24-14-7-6-11-16-9-4-3-5-10-16/h3-5,8-10,12-13,15H,6-7,11,14H2,1-2H3,(H,20,22). The van der Waals surface area contributed by atoms with Gasteiger partial charge in [-0.1, -0.05) is 36.4 Å². The van der Waals surface area contributed by atoms with Gasteiger partial charge in [0, 0.05) is 18.8 Å². The van der Waals surface area contributed by atoms with Crippen LogP contribution in [0, 0.1) is 0 Å². The van der Waals surface area contributed by atoms with Crippen LogP contribution < -0.4 is 10.1 Å². The van der Waals surface area contributed by atoms with Crippen molar-refractivity contribution in [2.45, 2.75) is 19.3 Å². The maximum absolute atomic E-state index is 11.7. The van der Waals surface area contributed by atoms with Crippen molar-refractivity contribution >= 4 is 11.7 Å². The summed E-state index contributed by atoms with van der Waals surface area (Å²) in [4.78, 5) is 16.6. The molecule has 0 bridgehead atoms. The molecule has 0 atom stereocenters. The van der Waals surface area contributed by atoms with Gasteiger partial charge in [0.15, 0.2) is 0 Å². The number of rotatable bonds is 8. The predicted octanol–water partition coefficient (Wildman–Crippen LogP) is 4.11. The topological polar surface area (TPSA) is 50.8 Å². The van der Waals surface area contributed by atoms with Crippen molar-refractivity contribution in [3.8, 4) is 5.75 Å². The van der Waals surface area contributed by atoms with Crippen molar-refractivity contribution in [2.24, 2.45) is 0 Å². The van der Waals surface area contributed by atoms with E-state index in [1.54, 1.807) is 13.1 Å². The summed E-state index contributed by atoms with van der Waals surface area (Å²) < 4.78 is 5.76. The van der Waals surface area contributed by atoms with Crippen LogP contribution in [-0.4, -0.2) is 31.9 Å². The van der Waals surface area contributed by atoms with E-state index in [9.17, 15) is 4.79 Å². The van der Waals surface area contributed by atoms with Crippen molar-refractivity contribution in [1.29, 1.82) is 0 Å². The molecule has 2 rings (SSSR count). The van der Waals surface area contributed by atoms with Crippen LogP contribution in [0.5, 0.6) is 5.75 Å². The normalized spacial score (nSPS) is 10.2. The second kappa shape index (κ2) is 9.57. The first-order valence-corrected chi connectivity index (χ1v) is 8.04. The summed E-state index contributed by atoms with van der Waals surface area (Å²) in [5.74, 6) is 0.743. The highest BCUT2D eigenvalue weighted by Gasteiger charge is 2.08. The molecule has 0 heterocycles. The van der Waals surface area contributed by atoms with Crippen molar-refractivity contribution in [3.05, 3.63) is 60.2 Å². The molecule has 128 valence electrons. The van der Waals surface area contributed by atoms with Crippen LogP contribution in [0.4, 0.5) is 10.5 Å². The first-order valence-electron chi connectivity index (χ1n) is 8.04. The van der Waals surface area contributed by atoms with E-state index < -0.39 is 0 Å². The fraction of sp³-hybridized carbons (Fsp3) is 0.316. The van der Waals surface area contributed by atoms with Crippen molar-refractivity contribution in [1.82, 2.24) is 5.06 Å². The van der Waals surface area contributed by atoms with E-state index >= 15 is 0 Å². The lowest BCUT2D eigenvalue weighted by atomic mass is 10.1. The Bertz CT molecular complexity index is 632. The van der Waals surface area contributed by atoms with Crippen LogP contribution in [0.2, 0.25) is 0 Å². The van der Waals surface area contributed by atoms with Gasteiger partial charge in [0.1, 0.15) is 5.75 Å². The van der Waals surface area contributed by atoms with Gasteiger partial charge in [0.2, 0.25) is 0 Å². The molecular weight excluding hydrogens is 304 g/mol. The van der Waals surface area contributed by atoms with E-state index in [0.29, 0.717) is 12.3 Å². The number of amides is 2. The van der Waals surface area contributed by atoms with Gasteiger partial charge in [-0.3, -0.25) is 4.84 Å². The smallest absolute Gasteiger partial charge is 0.345 e. The van der Waals surface area contributed by atoms with Crippen LogP contribution in [-0.2, 0) is 11.3 Å². The number of nitrogens with zero attached hydrogens (tertiary/aromatic N) is 1. The number of ether oxygens (including phenoxy) is 1.